The van der Waals surface area contributed by atoms with Crippen molar-refractivity contribution in [2.45, 2.75) is 31.2 Å². The minimum Gasteiger partial charge on any atom is -0.493 e. The van der Waals surface area contributed by atoms with Gasteiger partial charge in [-0.2, -0.15) is 0 Å². The van der Waals surface area contributed by atoms with Crippen molar-refractivity contribution < 1.29 is 14.3 Å². The maximum Gasteiger partial charge on any atom is 0.223 e. The van der Waals surface area contributed by atoms with Crippen LogP contribution in [0.4, 0.5) is 0 Å². The minimum atomic E-state index is -0.244. The van der Waals surface area contributed by atoms with Gasteiger partial charge in [-0.25, -0.2) is 0 Å². The van der Waals surface area contributed by atoms with E-state index in [1.807, 2.05) is 17.0 Å². The van der Waals surface area contributed by atoms with E-state index in [4.69, 9.17) is 9.47 Å². The first-order valence-corrected chi connectivity index (χ1v) is 7.33. The predicted octanol–water partition coefficient (Wildman–Crippen LogP) is 2.65. The molecule has 0 saturated carbocycles. The van der Waals surface area contributed by atoms with E-state index in [1.165, 1.54) is 11.1 Å². The molecule has 1 amide bonds. The number of carbonyl (C=O) groups excluding carboxylic acids is 1. The standard InChI is InChI=1S/C17H21NO3/c1-4-7-17-8-5-16(19)18(17)9-6-12-10-14(20-2)15(21-3)11-13(12)17/h4,10-11H,1,5-9H2,2-3H3. The third kappa shape index (κ3) is 1.93. The van der Waals surface area contributed by atoms with E-state index in [0.29, 0.717) is 6.42 Å². The molecule has 3 rings (SSSR count). The number of amides is 1. The molecular weight excluding hydrogens is 266 g/mol. The number of hydrogen-bond donors (Lipinski definition) is 0. The zero-order chi connectivity index (χ0) is 15.0. The highest BCUT2D eigenvalue weighted by Gasteiger charge is 2.48. The summed E-state index contributed by atoms with van der Waals surface area (Å²) in [6, 6.07) is 4.10. The number of carbonyl (C=O) groups is 1. The zero-order valence-corrected chi connectivity index (χ0v) is 12.6. The van der Waals surface area contributed by atoms with Crippen LogP contribution in [0.3, 0.4) is 0 Å². The topological polar surface area (TPSA) is 38.8 Å². The molecule has 0 bridgehead atoms. The van der Waals surface area contributed by atoms with Crippen LogP contribution in [0.25, 0.3) is 0 Å². The Kier molecular flexibility index (Phi) is 3.40. The van der Waals surface area contributed by atoms with Crippen LogP contribution in [0.5, 0.6) is 11.5 Å². The average molecular weight is 287 g/mol. The summed E-state index contributed by atoms with van der Waals surface area (Å²) in [5.74, 6) is 1.72. The van der Waals surface area contributed by atoms with Gasteiger partial charge in [0.25, 0.3) is 0 Å². The lowest BCUT2D eigenvalue weighted by Crippen LogP contribution is -2.47. The number of hydrogen-bond acceptors (Lipinski definition) is 3. The Morgan fingerprint density at radius 1 is 1.29 bits per heavy atom. The molecule has 0 spiro atoms. The number of rotatable bonds is 4. The maximum atomic E-state index is 12.2. The monoisotopic (exact) mass is 287 g/mol. The fourth-order valence-corrected chi connectivity index (χ4v) is 3.80. The summed E-state index contributed by atoms with van der Waals surface area (Å²) in [7, 11) is 3.29. The molecule has 0 aromatic heterocycles. The van der Waals surface area contributed by atoms with Crippen molar-refractivity contribution in [3.63, 3.8) is 0 Å². The van der Waals surface area contributed by atoms with Crippen molar-refractivity contribution in [1.82, 2.24) is 4.90 Å². The first-order chi connectivity index (χ1) is 10.2. The Morgan fingerprint density at radius 2 is 2.00 bits per heavy atom. The minimum absolute atomic E-state index is 0.244. The first-order valence-electron chi connectivity index (χ1n) is 7.33. The molecule has 1 atom stereocenters. The highest BCUT2D eigenvalue weighted by molar-refractivity contribution is 5.81. The smallest absolute Gasteiger partial charge is 0.223 e. The molecule has 0 radical (unpaired) electrons. The van der Waals surface area contributed by atoms with Crippen LogP contribution in [0.1, 0.15) is 30.4 Å². The lowest BCUT2D eigenvalue weighted by molar-refractivity contribution is -0.131. The van der Waals surface area contributed by atoms with Gasteiger partial charge in [0.1, 0.15) is 0 Å². The molecule has 0 aliphatic carbocycles. The fraction of sp³-hybridized carbons (Fsp3) is 0.471. The van der Waals surface area contributed by atoms with Gasteiger partial charge in [0.05, 0.1) is 19.8 Å². The Bertz CT molecular complexity index is 596. The lowest BCUT2D eigenvalue weighted by atomic mass is 9.78. The van der Waals surface area contributed by atoms with Crippen molar-refractivity contribution in [3.8, 4) is 11.5 Å². The van der Waals surface area contributed by atoms with Crippen molar-refractivity contribution >= 4 is 5.91 Å². The van der Waals surface area contributed by atoms with Crippen molar-refractivity contribution in [2.24, 2.45) is 0 Å². The second-order valence-electron chi connectivity index (χ2n) is 5.68. The normalized spacial score (nSPS) is 23.5. The Morgan fingerprint density at radius 3 is 2.67 bits per heavy atom. The quantitative estimate of drug-likeness (QED) is 0.799. The van der Waals surface area contributed by atoms with E-state index in [0.717, 1.165) is 37.3 Å². The van der Waals surface area contributed by atoms with Crippen LogP contribution in [0, 0.1) is 0 Å². The summed E-state index contributed by atoms with van der Waals surface area (Å²) in [4.78, 5) is 14.2. The van der Waals surface area contributed by atoms with E-state index in [9.17, 15) is 4.79 Å². The summed E-state index contributed by atoms with van der Waals surface area (Å²) < 4.78 is 10.8. The second-order valence-corrected chi connectivity index (χ2v) is 5.68. The lowest BCUT2D eigenvalue weighted by Gasteiger charge is -2.43. The van der Waals surface area contributed by atoms with Crippen LogP contribution in [0.2, 0.25) is 0 Å². The molecule has 2 aliphatic heterocycles. The van der Waals surface area contributed by atoms with Crippen LogP contribution in [0.15, 0.2) is 24.8 Å². The van der Waals surface area contributed by atoms with E-state index in [-0.39, 0.29) is 11.4 Å². The number of benzene rings is 1. The van der Waals surface area contributed by atoms with Gasteiger partial charge in [0.2, 0.25) is 5.91 Å². The van der Waals surface area contributed by atoms with Gasteiger partial charge < -0.3 is 14.4 Å². The molecule has 1 fully saturated rings. The summed E-state index contributed by atoms with van der Waals surface area (Å²) >= 11 is 0. The molecule has 4 nitrogen and oxygen atoms in total. The molecule has 1 unspecified atom stereocenters. The summed E-state index contributed by atoms with van der Waals surface area (Å²) in [5, 5.41) is 0. The Balaban J connectivity index is 2.18. The first kappa shape index (κ1) is 14.0. The zero-order valence-electron chi connectivity index (χ0n) is 12.6. The highest BCUT2D eigenvalue weighted by atomic mass is 16.5. The van der Waals surface area contributed by atoms with Crippen LogP contribution in [-0.4, -0.2) is 31.6 Å². The molecule has 1 aromatic rings. The van der Waals surface area contributed by atoms with Crippen LogP contribution < -0.4 is 9.47 Å². The van der Waals surface area contributed by atoms with Gasteiger partial charge in [0, 0.05) is 13.0 Å². The van der Waals surface area contributed by atoms with Gasteiger partial charge in [-0.3, -0.25) is 4.79 Å². The third-order valence-corrected chi connectivity index (χ3v) is 4.77. The van der Waals surface area contributed by atoms with Crippen molar-refractivity contribution in [2.75, 3.05) is 20.8 Å². The summed E-state index contributed by atoms with van der Waals surface area (Å²) in [6.07, 6.45) is 5.01. The van der Waals surface area contributed by atoms with Gasteiger partial charge in [-0.15, -0.1) is 6.58 Å². The molecule has 0 N–H and O–H groups in total. The largest absolute Gasteiger partial charge is 0.493 e. The highest BCUT2D eigenvalue weighted by Crippen LogP contribution is 2.49. The Labute approximate surface area is 125 Å². The molecule has 112 valence electrons. The second kappa shape index (κ2) is 5.10. The maximum absolute atomic E-state index is 12.2. The van der Waals surface area contributed by atoms with E-state index in [2.05, 4.69) is 12.6 Å². The van der Waals surface area contributed by atoms with E-state index in [1.54, 1.807) is 14.2 Å². The van der Waals surface area contributed by atoms with Crippen LogP contribution in [-0.2, 0) is 16.8 Å². The average Bonchev–Trinajstić information content (AvgIpc) is 2.83. The summed E-state index contributed by atoms with van der Waals surface area (Å²) in [5.41, 5.74) is 2.20. The molecule has 2 heterocycles. The van der Waals surface area contributed by atoms with E-state index >= 15 is 0 Å². The molecule has 21 heavy (non-hydrogen) atoms. The van der Waals surface area contributed by atoms with Gasteiger partial charge in [-0.1, -0.05) is 6.08 Å². The van der Waals surface area contributed by atoms with Gasteiger partial charge >= 0.3 is 0 Å². The number of methoxy groups -OCH3 is 2. The number of ether oxygens (including phenoxy) is 2. The van der Waals surface area contributed by atoms with E-state index < -0.39 is 0 Å². The fourth-order valence-electron chi connectivity index (χ4n) is 3.80. The SMILES string of the molecule is C=CCC12CCC(=O)N1CCc1cc(OC)c(OC)cc12. The summed E-state index contributed by atoms with van der Waals surface area (Å²) in [6.45, 7) is 4.66. The Hall–Kier alpha value is -1.97. The molecule has 1 aromatic carbocycles. The molecule has 1 saturated heterocycles. The van der Waals surface area contributed by atoms with Crippen molar-refractivity contribution in [1.29, 1.82) is 0 Å². The number of fused-ring (bicyclic) bond motifs is 3. The third-order valence-electron chi connectivity index (χ3n) is 4.77. The molecule has 2 aliphatic rings. The predicted molar refractivity (Wildman–Crippen MR) is 80.7 cm³/mol. The van der Waals surface area contributed by atoms with Gasteiger partial charge in [-0.05, 0) is 42.5 Å². The van der Waals surface area contributed by atoms with Crippen LogP contribution >= 0.6 is 0 Å². The van der Waals surface area contributed by atoms with Crippen molar-refractivity contribution in [3.05, 3.63) is 35.9 Å². The molecule has 4 heteroatoms. The van der Waals surface area contributed by atoms with Gasteiger partial charge in [0.15, 0.2) is 11.5 Å². The molecular formula is C17H21NO3. The number of nitrogens with zero attached hydrogens (tertiary/aromatic N) is 1.